The SMILES string of the molecule is CCC(=O)c1ccc(O[C@H](C)C(=O)Nc2ccccc2[C@@H](C)CC)cc1. The van der Waals surface area contributed by atoms with E-state index in [-0.39, 0.29) is 11.7 Å². The van der Waals surface area contributed by atoms with E-state index >= 15 is 0 Å². The Kier molecular flexibility index (Phi) is 6.96. The van der Waals surface area contributed by atoms with Gasteiger partial charge in [-0.2, -0.15) is 0 Å². The number of para-hydroxylation sites is 1. The van der Waals surface area contributed by atoms with Gasteiger partial charge in [-0.3, -0.25) is 9.59 Å². The Balaban J connectivity index is 2.03. The second kappa shape index (κ2) is 9.18. The fourth-order valence-corrected chi connectivity index (χ4v) is 2.68. The van der Waals surface area contributed by atoms with Crippen molar-refractivity contribution in [3.63, 3.8) is 0 Å². The maximum atomic E-state index is 12.5. The minimum absolute atomic E-state index is 0.0870. The maximum Gasteiger partial charge on any atom is 0.265 e. The molecule has 0 saturated heterocycles. The number of carbonyl (C=O) groups excluding carboxylic acids is 2. The molecule has 0 aliphatic carbocycles. The first-order chi connectivity index (χ1) is 12.5. The van der Waals surface area contributed by atoms with Gasteiger partial charge in [0, 0.05) is 17.7 Å². The third-order valence-electron chi connectivity index (χ3n) is 4.54. The van der Waals surface area contributed by atoms with Crippen LogP contribution in [0.15, 0.2) is 48.5 Å². The van der Waals surface area contributed by atoms with Gasteiger partial charge in [0.05, 0.1) is 0 Å². The van der Waals surface area contributed by atoms with Crippen molar-refractivity contribution in [2.45, 2.75) is 52.6 Å². The van der Waals surface area contributed by atoms with Gasteiger partial charge in [0.25, 0.3) is 5.91 Å². The van der Waals surface area contributed by atoms with Gasteiger partial charge in [-0.05, 0) is 55.2 Å². The highest BCUT2D eigenvalue weighted by atomic mass is 16.5. The highest BCUT2D eigenvalue weighted by Gasteiger charge is 2.17. The van der Waals surface area contributed by atoms with Crippen LogP contribution in [0.2, 0.25) is 0 Å². The largest absolute Gasteiger partial charge is 0.481 e. The van der Waals surface area contributed by atoms with E-state index in [1.165, 1.54) is 0 Å². The van der Waals surface area contributed by atoms with Gasteiger partial charge in [-0.1, -0.05) is 39.0 Å². The Morgan fingerprint density at radius 2 is 1.65 bits per heavy atom. The molecule has 1 N–H and O–H groups in total. The zero-order chi connectivity index (χ0) is 19.1. The first-order valence-electron chi connectivity index (χ1n) is 9.15. The van der Waals surface area contributed by atoms with Crippen molar-refractivity contribution >= 4 is 17.4 Å². The predicted octanol–water partition coefficient (Wildman–Crippen LogP) is 5.20. The van der Waals surface area contributed by atoms with Crippen molar-refractivity contribution in [1.29, 1.82) is 0 Å². The molecule has 0 heterocycles. The van der Waals surface area contributed by atoms with Crippen LogP contribution in [0.4, 0.5) is 5.69 Å². The number of nitrogens with one attached hydrogen (secondary N) is 1. The monoisotopic (exact) mass is 353 g/mol. The molecule has 0 unspecified atom stereocenters. The fourth-order valence-electron chi connectivity index (χ4n) is 2.68. The summed E-state index contributed by atoms with van der Waals surface area (Å²) in [6, 6.07) is 14.7. The molecule has 26 heavy (non-hydrogen) atoms. The molecule has 4 heteroatoms. The van der Waals surface area contributed by atoms with E-state index in [9.17, 15) is 9.59 Å². The van der Waals surface area contributed by atoms with Crippen LogP contribution < -0.4 is 10.1 Å². The molecule has 2 atom stereocenters. The second-order valence-corrected chi connectivity index (χ2v) is 6.45. The van der Waals surface area contributed by atoms with Crippen LogP contribution in [-0.2, 0) is 4.79 Å². The molecular weight excluding hydrogens is 326 g/mol. The zero-order valence-corrected chi connectivity index (χ0v) is 15.9. The van der Waals surface area contributed by atoms with Gasteiger partial charge < -0.3 is 10.1 Å². The Morgan fingerprint density at radius 3 is 2.27 bits per heavy atom. The highest BCUT2D eigenvalue weighted by molar-refractivity contribution is 5.96. The van der Waals surface area contributed by atoms with E-state index in [4.69, 9.17) is 4.74 Å². The number of ketones is 1. The van der Waals surface area contributed by atoms with Crippen molar-refractivity contribution in [2.24, 2.45) is 0 Å². The molecule has 0 fully saturated rings. The molecule has 0 aliphatic rings. The molecule has 1 amide bonds. The molecule has 0 spiro atoms. The highest BCUT2D eigenvalue weighted by Crippen LogP contribution is 2.26. The number of benzene rings is 2. The molecule has 138 valence electrons. The number of ether oxygens (including phenoxy) is 1. The van der Waals surface area contributed by atoms with Crippen molar-refractivity contribution in [3.8, 4) is 5.75 Å². The van der Waals surface area contributed by atoms with Crippen molar-refractivity contribution < 1.29 is 14.3 Å². The third-order valence-corrected chi connectivity index (χ3v) is 4.54. The van der Waals surface area contributed by atoms with Crippen molar-refractivity contribution in [2.75, 3.05) is 5.32 Å². The molecule has 0 aliphatic heterocycles. The van der Waals surface area contributed by atoms with Gasteiger partial charge in [0.1, 0.15) is 5.75 Å². The summed E-state index contributed by atoms with van der Waals surface area (Å²) in [6.45, 7) is 7.81. The summed E-state index contributed by atoms with van der Waals surface area (Å²) < 4.78 is 5.72. The van der Waals surface area contributed by atoms with Crippen LogP contribution in [0, 0.1) is 0 Å². The number of hydrogen-bond acceptors (Lipinski definition) is 3. The topological polar surface area (TPSA) is 55.4 Å². The Hall–Kier alpha value is -2.62. The van der Waals surface area contributed by atoms with E-state index in [2.05, 4.69) is 19.2 Å². The first-order valence-corrected chi connectivity index (χ1v) is 9.15. The van der Waals surface area contributed by atoms with Gasteiger partial charge in [0.2, 0.25) is 0 Å². The molecule has 2 aromatic carbocycles. The van der Waals surface area contributed by atoms with E-state index in [1.54, 1.807) is 31.2 Å². The lowest BCUT2D eigenvalue weighted by Gasteiger charge is -2.18. The summed E-state index contributed by atoms with van der Waals surface area (Å²) in [6.07, 6.45) is 0.823. The van der Waals surface area contributed by atoms with Gasteiger partial charge in [-0.15, -0.1) is 0 Å². The summed E-state index contributed by atoms with van der Waals surface area (Å²) in [7, 11) is 0. The van der Waals surface area contributed by atoms with Crippen LogP contribution in [0.1, 0.15) is 62.4 Å². The van der Waals surface area contributed by atoms with Crippen LogP contribution in [0.3, 0.4) is 0 Å². The number of rotatable bonds is 8. The second-order valence-electron chi connectivity index (χ2n) is 6.45. The lowest BCUT2D eigenvalue weighted by molar-refractivity contribution is -0.122. The first kappa shape index (κ1) is 19.7. The van der Waals surface area contributed by atoms with Gasteiger partial charge in [0.15, 0.2) is 11.9 Å². The minimum atomic E-state index is -0.646. The number of anilines is 1. The molecule has 0 radical (unpaired) electrons. The third kappa shape index (κ3) is 4.94. The standard InChI is InChI=1S/C22H27NO3/c1-5-15(3)19-9-7-8-10-20(19)23-22(25)16(4)26-18-13-11-17(12-14-18)21(24)6-2/h7-16H,5-6H2,1-4H3,(H,23,25)/t15-,16+/m0/s1. The number of hydrogen-bond donors (Lipinski definition) is 1. The molecule has 0 saturated carbocycles. The Bertz CT molecular complexity index is 752. The molecule has 4 nitrogen and oxygen atoms in total. The lowest BCUT2D eigenvalue weighted by atomic mass is 9.97. The lowest BCUT2D eigenvalue weighted by Crippen LogP contribution is -2.30. The van der Waals surface area contributed by atoms with Crippen molar-refractivity contribution in [1.82, 2.24) is 0 Å². The van der Waals surface area contributed by atoms with E-state index in [0.717, 1.165) is 17.7 Å². The number of Topliss-reactive ketones (excluding diaryl/α,β-unsaturated/α-hetero) is 1. The molecular formula is C22H27NO3. The average Bonchev–Trinajstić information content (AvgIpc) is 2.67. The van der Waals surface area contributed by atoms with Crippen LogP contribution in [-0.4, -0.2) is 17.8 Å². The van der Waals surface area contributed by atoms with Crippen LogP contribution in [0.25, 0.3) is 0 Å². The molecule has 2 rings (SSSR count). The summed E-state index contributed by atoms with van der Waals surface area (Å²) in [4.78, 5) is 24.2. The van der Waals surface area contributed by atoms with Crippen LogP contribution >= 0.6 is 0 Å². The summed E-state index contributed by atoms with van der Waals surface area (Å²) in [5.74, 6) is 0.820. The number of carbonyl (C=O) groups is 2. The van der Waals surface area contributed by atoms with Crippen molar-refractivity contribution in [3.05, 3.63) is 59.7 Å². The van der Waals surface area contributed by atoms with Gasteiger partial charge in [-0.25, -0.2) is 0 Å². The number of amides is 1. The quantitative estimate of drug-likeness (QED) is 0.664. The van der Waals surface area contributed by atoms with E-state index in [1.807, 2.05) is 31.2 Å². The molecule has 0 aromatic heterocycles. The minimum Gasteiger partial charge on any atom is -0.481 e. The average molecular weight is 353 g/mol. The van der Waals surface area contributed by atoms with Gasteiger partial charge >= 0.3 is 0 Å². The molecule has 2 aromatic rings. The zero-order valence-electron chi connectivity index (χ0n) is 15.9. The predicted molar refractivity (Wildman–Crippen MR) is 105 cm³/mol. The smallest absolute Gasteiger partial charge is 0.265 e. The van der Waals surface area contributed by atoms with E-state index < -0.39 is 6.10 Å². The summed E-state index contributed by atoms with van der Waals surface area (Å²) in [5, 5.41) is 2.97. The van der Waals surface area contributed by atoms with Crippen LogP contribution in [0.5, 0.6) is 5.75 Å². The van der Waals surface area contributed by atoms with E-state index in [0.29, 0.717) is 23.7 Å². The Labute approximate surface area is 155 Å². The normalized spacial score (nSPS) is 12.9. The Morgan fingerprint density at radius 1 is 1.00 bits per heavy atom. The maximum absolute atomic E-state index is 12.5. The molecule has 0 bridgehead atoms. The summed E-state index contributed by atoms with van der Waals surface area (Å²) in [5.41, 5.74) is 2.60. The summed E-state index contributed by atoms with van der Waals surface area (Å²) >= 11 is 0. The fraction of sp³-hybridized carbons (Fsp3) is 0.364.